The van der Waals surface area contributed by atoms with Gasteiger partial charge in [-0.1, -0.05) is 17.2 Å². The van der Waals surface area contributed by atoms with Crippen molar-refractivity contribution in [1.29, 1.82) is 5.26 Å². The van der Waals surface area contributed by atoms with E-state index in [1.54, 1.807) is 7.11 Å². The van der Waals surface area contributed by atoms with Gasteiger partial charge in [0.2, 0.25) is 5.91 Å². The van der Waals surface area contributed by atoms with Gasteiger partial charge in [-0.15, -0.1) is 0 Å². The molecule has 0 aromatic carbocycles. The summed E-state index contributed by atoms with van der Waals surface area (Å²) in [5.41, 5.74) is 1.01. The molecule has 0 spiro atoms. The van der Waals surface area contributed by atoms with E-state index < -0.39 is 12.1 Å². The molecule has 0 bridgehead atoms. The van der Waals surface area contributed by atoms with E-state index in [0.29, 0.717) is 56.4 Å². The molecule has 3 N–H and O–H groups in total. The lowest BCUT2D eigenvalue weighted by molar-refractivity contribution is -0.123. The number of amidine groups is 1. The number of urea groups is 1. The molecule has 1 saturated heterocycles. The van der Waals surface area contributed by atoms with E-state index in [1.807, 2.05) is 6.07 Å². The van der Waals surface area contributed by atoms with Crippen molar-refractivity contribution in [2.45, 2.75) is 37.5 Å². The molecule has 3 unspecified atom stereocenters. The molecule has 12 heteroatoms. The number of halogens is 1. The van der Waals surface area contributed by atoms with Crippen molar-refractivity contribution < 1.29 is 19.1 Å². The van der Waals surface area contributed by atoms with Gasteiger partial charge in [-0.2, -0.15) is 5.26 Å². The van der Waals surface area contributed by atoms with Crippen molar-refractivity contribution >= 4 is 35.6 Å². The van der Waals surface area contributed by atoms with Gasteiger partial charge in [-0.05, 0) is 12.8 Å². The number of nitrogens with zero attached hydrogens (tertiary/aromatic N) is 4. The predicted octanol–water partition coefficient (Wildman–Crippen LogP) is 0.169. The fourth-order valence-electron chi connectivity index (χ4n) is 3.87. The molecule has 3 atom stereocenters. The molecule has 1 fully saturated rings. The summed E-state index contributed by atoms with van der Waals surface area (Å²) < 4.78 is 10.9. The van der Waals surface area contributed by atoms with Crippen LogP contribution in [0.1, 0.15) is 19.3 Å². The normalized spacial score (nSPS) is 25.7. The summed E-state index contributed by atoms with van der Waals surface area (Å²) in [6.07, 6.45) is 2.75. The summed E-state index contributed by atoms with van der Waals surface area (Å²) in [6.45, 7) is 3.92. The summed E-state index contributed by atoms with van der Waals surface area (Å²) in [5, 5.41) is 18.0. The Morgan fingerprint density at radius 2 is 2.15 bits per heavy atom. The van der Waals surface area contributed by atoms with Crippen molar-refractivity contribution in [2.75, 3.05) is 53.0 Å². The molecule has 2 aliphatic heterocycles. The number of rotatable bonds is 7. The van der Waals surface area contributed by atoms with Crippen LogP contribution in [0.15, 0.2) is 20.6 Å². The van der Waals surface area contributed by atoms with Gasteiger partial charge in [0.25, 0.3) is 0 Å². The van der Waals surface area contributed by atoms with Gasteiger partial charge >= 0.3 is 6.03 Å². The molecule has 0 saturated carbocycles. The fourth-order valence-corrected chi connectivity index (χ4v) is 4.20. The summed E-state index contributed by atoms with van der Waals surface area (Å²) in [6, 6.07) is 0.744. The third-order valence-electron chi connectivity index (χ3n) is 5.72. The van der Waals surface area contributed by atoms with Crippen LogP contribution in [0.3, 0.4) is 0 Å². The van der Waals surface area contributed by atoms with Crippen LogP contribution in [0.2, 0.25) is 0 Å². The SMILES string of the molecule is COC1CC(CCNC(=O)CN2CCOCC2)=C(Cl)CC1NC(=O)NC1=NCC(C#N)N=C1. The first-order valence-electron chi connectivity index (χ1n) is 11.0. The van der Waals surface area contributed by atoms with E-state index in [1.165, 1.54) is 6.21 Å². The molecule has 0 aromatic rings. The lowest BCUT2D eigenvalue weighted by Crippen LogP contribution is -2.51. The van der Waals surface area contributed by atoms with E-state index >= 15 is 0 Å². The Morgan fingerprint density at radius 1 is 1.36 bits per heavy atom. The largest absolute Gasteiger partial charge is 0.379 e. The van der Waals surface area contributed by atoms with Gasteiger partial charge in [-0.3, -0.25) is 25.0 Å². The van der Waals surface area contributed by atoms with Gasteiger partial charge in [0.15, 0.2) is 6.04 Å². The number of nitrogens with one attached hydrogen (secondary N) is 3. The van der Waals surface area contributed by atoms with Crippen LogP contribution >= 0.6 is 11.6 Å². The van der Waals surface area contributed by atoms with Crippen LogP contribution < -0.4 is 16.0 Å². The first kappa shape index (κ1) is 25.1. The maximum Gasteiger partial charge on any atom is 0.320 e. The second kappa shape index (κ2) is 12.6. The lowest BCUT2D eigenvalue weighted by atomic mass is 9.90. The van der Waals surface area contributed by atoms with Crippen LogP contribution in [0.25, 0.3) is 0 Å². The van der Waals surface area contributed by atoms with E-state index in [4.69, 9.17) is 26.3 Å². The summed E-state index contributed by atoms with van der Waals surface area (Å²) in [7, 11) is 1.60. The average molecular weight is 480 g/mol. The van der Waals surface area contributed by atoms with E-state index in [-0.39, 0.29) is 24.6 Å². The first-order valence-corrected chi connectivity index (χ1v) is 11.4. The molecule has 11 nitrogen and oxygen atoms in total. The Balaban J connectivity index is 1.44. The number of morpholine rings is 1. The smallest absolute Gasteiger partial charge is 0.320 e. The second-order valence-electron chi connectivity index (χ2n) is 8.03. The maximum atomic E-state index is 12.4. The quantitative estimate of drug-likeness (QED) is 0.475. The molecule has 180 valence electrons. The number of hydrogen-bond acceptors (Lipinski definition) is 8. The molecular formula is C21H30ClN7O4. The Labute approximate surface area is 198 Å². The average Bonchev–Trinajstić information content (AvgIpc) is 2.81. The molecule has 0 radical (unpaired) electrons. The Hall–Kier alpha value is -2.52. The van der Waals surface area contributed by atoms with E-state index in [0.717, 1.165) is 18.7 Å². The van der Waals surface area contributed by atoms with Crippen molar-refractivity contribution in [3.8, 4) is 6.07 Å². The number of carbonyl (C=O) groups is 2. The number of ether oxygens (including phenoxy) is 2. The Morgan fingerprint density at radius 3 is 2.82 bits per heavy atom. The van der Waals surface area contributed by atoms with Crippen molar-refractivity contribution in [3.05, 3.63) is 10.6 Å². The molecule has 33 heavy (non-hydrogen) atoms. The number of aliphatic imine (C=N–C) groups is 2. The van der Waals surface area contributed by atoms with Crippen LogP contribution in [-0.2, 0) is 14.3 Å². The molecule has 3 rings (SSSR count). The lowest BCUT2D eigenvalue weighted by Gasteiger charge is -2.33. The number of amides is 3. The first-order chi connectivity index (χ1) is 16.0. The summed E-state index contributed by atoms with van der Waals surface area (Å²) >= 11 is 6.52. The Bertz CT molecular complexity index is 848. The summed E-state index contributed by atoms with van der Waals surface area (Å²) in [5.74, 6) is 0.290. The monoisotopic (exact) mass is 479 g/mol. The minimum atomic E-state index is -0.513. The van der Waals surface area contributed by atoms with Crippen molar-refractivity contribution in [2.24, 2.45) is 9.98 Å². The fraction of sp³-hybridized carbons (Fsp3) is 0.667. The van der Waals surface area contributed by atoms with Crippen LogP contribution in [0, 0.1) is 11.3 Å². The highest BCUT2D eigenvalue weighted by molar-refractivity contribution is 6.33. The zero-order chi connectivity index (χ0) is 23.6. The topological polar surface area (TPSA) is 140 Å². The van der Waals surface area contributed by atoms with Crippen LogP contribution in [-0.4, -0.2) is 100 Å². The molecule has 2 heterocycles. The Kier molecular flexibility index (Phi) is 9.62. The van der Waals surface area contributed by atoms with Crippen LogP contribution in [0.5, 0.6) is 0 Å². The van der Waals surface area contributed by atoms with Gasteiger partial charge in [0.05, 0.1) is 50.7 Å². The molecular weight excluding hydrogens is 450 g/mol. The van der Waals surface area contributed by atoms with Gasteiger partial charge in [0, 0.05) is 38.2 Å². The molecule has 1 aliphatic carbocycles. The highest BCUT2D eigenvalue weighted by Gasteiger charge is 2.31. The van der Waals surface area contributed by atoms with Gasteiger partial charge in [-0.25, -0.2) is 4.79 Å². The van der Waals surface area contributed by atoms with Crippen LogP contribution in [0.4, 0.5) is 4.79 Å². The van der Waals surface area contributed by atoms with E-state index in [2.05, 4.69) is 30.8 Å². The molecule has 3 aliphatic rings. The predicted molar refractivity (Wildman–Crippen MR) is 123 cm³/mol. The summed E-state index contributed by atoms with van der Waals surface area (Å²) in [4.78, 5) is 34.8. The zero-order valence-electron chi connectivity index (χ0n) is 18.7. The third-order valence-corrected chi connectivity index (χ3v) is 6.14. The van der Waals surface area contributed by atoms with Crippen molar-refractivity contribution in [1.82, 2.24) is 20.9 Å². The highest BCUT2D eigenvalue weighted by atomic mass is 35.5. The molecule has 0 aromatic heterocycles. The molecule has 3 amide bonds. The minimum absolute atomic E-state index is 0.0146. The number of methoxy groups -OCH3 is 1. The second-order valence-corrected chi connectivity index (χ2v) is 8.49. The van der Waals surface area contributed by atoms with Crippen molar-refractivity contribution in [3.63, 3.8) is 0 Å². The zero-order valence-corrected chi connectivity index (χ0v) is 19.4. The maximum absolute atomic E-state index is 12.4. The highest BCUT2D eigenvalue weighted by Crippen LogP contribution is 2.31. The number of carbonyl (C=O) groups excluding carboxylic acids is 2. The third kappa shape index (κ3) is 7.78. The van der Waals surface area contributed by atoms with Gasteiger partial charge < -0.3 is 20.1 Å². The minimum Gasteiger partial charge on any atom is -0.379 e. The van der Waals surface area contributed by atoms with Gasteiger partial charge in [0.1, 0.15) is 5.84 Å². The van der Waals surface area contributed by atoms with E-state index in [9.17, 15) is 9.59 Å². The standard InChI is InChI=1S/C21H30ClN7O4/c1-32-18-8-14(2-3-24-20(30)13-29-4-6-33-7-5-29)16(22)9-17(18)27-21(31)28-19-12-25-15(10-23)11-26-19/h12,15,17-18H,2-9,11,13H2,1H3,(H,24,30)(H2,26,27,28,31). The number of hydrogen-bond donors (Lipinski definition) is 3. The number of nitriles is 1.